The van der Waals surface area contributed by atoms with Crippen LogP contribution in [0.5, 0.6) is 5.75 Å². The van der Waals surface area contributed by atoms with Crippen LogP contribution in [0.25, 0.3) is 11.3 Å². The zero-order valence-corrected chi connectivity index (χ0v) is 11.0. The van der Waals surface area contributed by atoms with Crippen LogP contribution >= 0.6 is 0 Å². The lowest BCUT2D eigenvalue weighted by atomic mass is 9.99. The Hall–Kier alpha value is -3.00. The molecular formula is C15H14N4O. The summed E-state index contributed by atoms with van der Waals surface area (Å²) in [7, 11) is 0. The summed E-state index contributed by atoms with van der Waals surface area (Å²) in [5, 5.41) is 18.7. The molecule has 2 aromatic rings. The molecule has 0 saturated heterocycles. The van der Waals surface area contributed by atoms with E-state index >= 15 is 0 Å². The van der Waals surface area contributed by atoms with Gasteiger partial charge in [0.05, 0.1) is 23.5 Å². The van der Waals surface area contributed by atoms with Gasteiger partial charge in [0.15, 0.2) is 0 Å². The van der Waals surface area contributed by atoms with E-state index in [0.29, 0.717) is 22.5 Å². The summed E-state index contributed by atoms with van der Waals surface area (Å²) in [6, 6.07) is 8.32. The van der Waals surface area contributed by atoms with Gasteiger partial charge in [-0.1, -0.05) is 0 Å². The van der Waals surface area contributed by atoms with Gasteiger partial charge in [-0.15, -0.1) is 0 Å². The van der Waals surface area contributed by atoms with Gasteiger partial charge in [0.1, 0.15) is 5.75 Å². The van der Waals surface area contributed by atoms with Crippen LogP contribution in [0.4, 0.5) is 5.69 Å². The number of nitrogens with zero attached hydrogens (tertiary/aromatic N) is 2. The van der Waals surface area contributed by atoms with E-state index in [1.807, 2.05) is 13.0 Å². The number of nitrogens with two attached hydrogens (primary N) is 2. The number of aromatic nitrogens is 1. The number of benzene rings is 1. The minimum Gasteiger partial charge on any atom is -0.507 e. The van der Waals surface area contributed by atoms with Crippen LogP contribution in [0.15, 0.2) is 36.7 Å². The third-order valence-electron chi connectivity index (χ3n) is 3.08. The van der Waals surface area contributed by atoms with Crippen molar-refractivity contribution in [3.63, 3.8) is 0 Å². The van der Waals surface area contributed by atoms with Gasteiger partial charge in [0.2, 0.25) is 0 Å². The molecule has 0 atom stereocenters. The number of phenols is 1. The molecule has 2 rings (SSSR count). The summed E-state index contributed by atoms with van der Waals surface area (Å²) in [6.45, 7) is 1.82. The van der Waals surface area contributed by atoms with E-state index < -0.39 is 0 Å². The molecule has 0 aliphatic carbocycles. The molecule has 0 saturated carbocycles. The first-order valence-electron chi connectivity index (χ1n) is 5.94. The van der Waals surface area contributed by atoms with E-state index in [1.165, 1.54) is 6.07 Å². The van der Waals surface area contributed by atoms with Crippen molar-refractivity contribution in [2.24, 2.45) is 5.73 Å². The molecule has 5 nitrogen and oxygen atoms in total. The van der Waals surface area contributed by atoms with Crippen LogP contribution in [0.1, 0.15) is 23.6 Å². The van der Waals surface area contributed by atoms with Gasteiger partial charge in [-0.2, -0.15) is 5.26 Å². The fourth-order valence-electron chi connectivity index (χ4n) is 1.92. The van der Waals surface area contributed by atoms with Gasteiger partial charge in [-0.05, 0) is 36.8 Å². The Kier molecular flexibility index (Phi) is 3.58. The fourth-order valence-corrected chi connectivity index (χ4v) is 1.92. The van der Waals surface area contributed by atoms with Crippen molar-refractivity contribution in [2.45, 2.75) is 6.92 Å². The number of phenolic OH excluding ortho intramolecular Hbond substituents is 1. The topological polar surface area (TPSA) is 109 Å². The number of hydrogen-bond acceptors (Lipinski definition) is 5. The highest BCUT2D eigenvalue weighted by Crippen LogP contribution is 2.30. The van der Waals surface area contributed by atoms with Gasteiger partial charge < -0.3 is 16.6 Å². The zero-order valence-electron chi connectivity index (χ0n) is 11.0. The van der Waals surface area contributed by atoms with E-state index in [4.69, 9.17) is 16.7 Å². The fraction of sp³-hybridized carbons (Fsp3) is 0.0667. The minimum absolute atomic E-state index is 0.0338. The summed E-state index contributed by atoms with van der Waals surface area (Å²) in [4.78, 5) is 3.93. The number of rotatable bonds is 2. The number of nitriles is 1. The van der Waals surface area contributed by atoms with Gasteiger partial charge in [-0.3, -0.25) is 4.98 Å². The Bertz CT molecular complexity index is 729. The molecule has 0 aliphatic heterocycles. The number of pyridine rings is 1. The van der Waals surface area contributed by atoms with Gasteiger partial charge >= 0.3 is 0 Å². The molecule has 0 radical (unpaired) electrons. The molecule has 5 N–H and O–H groups in total. The van der Waals surface area contributed by atoms with E-state index in [0.717, 1.165) is 11.1 Å². The molecule has 1 aromatic heterocycles. The van der Waals surface area contributed by atoms with Crippen molar-refractivity contribution >= 4 is 17.0 Å². The summed E-state index contributed by atoms with van der Waals surface area (Å²) in [5.74, 6) is -0.0338. The highest BCUT2D eigenvalue weighted by molar-refractivity contribution is 5.92. The van der Waals surface area contributed by atoms with Crippen molar-refractivity contribution in [2.75, 3.05) is 5.73 Å². The molecule has 0 fully saturated rings. The van der Waals surface area contributed by atoms with Crippen molar-refractivity contribution in [1.82, 2.24) is 4.98 Å². The standard InChI is InChI=1S/C15H14N4O/c1-9(11-4-5-19-8-13(11)17)15(18)12-3-2-10(7-16)6-14(12)20/h2-6,8,20H,17-18H2,1H3/b15-9-. The Labute approximate surface area is 116 Å². The number of allylic oxidation sites excluding steroid dienone is 1. The molecule has 0 bridgehead atoms. The third kappa shape index (κ3) is 2.40. The van der Waals surface area contributed by atoms with Crippen LogP contribution in [-0.4, -0.2) is 10.1 Å². The molecule has 1 heterocycles. The van der Waals surface area contributed by atoms with Crippen LogP contribution in [0.3, 0.4) is 0 Å². The maximum atomic E-state index is 9.95. The lowest BCUT2D eigenvalue weighted by Crippen LogP contribution is -2.02. The molecule has 0 amide bonds. The van der Waals surface area contributed by atoms with E-state index in [-0.39, 0.29) is 5.75 Å². The number of hydrogen-bond donors (Lipinski definition) is 3. The van der Waals surface area contributed by atoms with Gasteiger partial charge in [0.25, 0.3) is 0 Å². The molecule has 1 aromatic carbocycles. The van der Waals surface area contributed by atoms with Crippen molar-refractivity contribution in [3.05, 3.63) is 53.3 Å². The highest BCUT2D eigenvalue weighted by Gasteiger charge is 2.11. The van der Waals surface area contributed by atoms with Crippen molar-refractivity contribution in [1.29, 1.82) is 5.26 Å². The third-order valence-corrected chi connectivity index (χ3v) is 3.08. The normalized spacial score (nSPS) is 11.6. The smallest absolute Gasteiger partial charge is 0.126 e. The lowest BCUT2D eigenvalue weighted by molar-refractivity contribution is 0.473. The predicted molar refractivity (Wildman–Crippen MR) is 78.1 cm³/mol. The maximum Gasteiger partial charge on any atom is 0.126 e. The van der Waals surface area contributed by atoms with Gasteiger partial charge in [-0.25, -0.2) is 0 Å². The number of aromatic hydroxyl groups is 1. The maximum absolute atomic E-state index is 9.95. The number of nitrogen functional groups attached to an aromatic ring is 1. The second-order valence-electron chi connectivity index (χ2n) is 4.35. The van der Waals surface area contributed by atoms with E-state index in [2.05, 4.69) is 4.98 Å². The summed E-state index contributed by atoms with van der Waals surface area (Å²) < 4.78 is 0. The molecular weight excluding hydrogens is 252 g/mol. The lowest BCUT2D eigenvalue weighted by Gasteiger charge is -2.11. The first-order chi connectivity index (χ1) is 9.54. The summed E-state index contributed by atoms with van der Waals surface area (Å²) >= 11 is 0. The highest BCUT2D eigenvalue weighted by atomic mass is 16.3. The summed E-state index contributed by atoms with van der Waals surface area (Å²) in [6.07, 6.45) is 3.17. The van der Waals surface area contributed by atoms with Gasteiger partial charge in [0, 0.05) is 23.0 Å². The molecule has 5 heteroatoms. The monoisotopic (exact) mass is 266 g/mol. The average molecular weight is 266 g/mol. The van der Waals surface area contributed by atoms with Crippen LogP contribution in [0.2, 0.25) is 0 Å². The van der Waals surface area contributed by atoms with Crippen molar-refractivity contribution < 1.29 is 5.11 Å². The minimum atomic E-state index is -0.0338. The first kappa shape index (κ1) is 13.4. The molecule has 0 unspecified atom stereocenters. The molecule has 0 aliphatic rings. The Morgan fingerprint density at radius 2 is 2.05 bits per heavy atom. The second-order valence-corrected chi connectivity index (χ2v) is 4.35. The quantitative estimate of drug-likeness (QED) is 0.771. The molecule has 20 heavy (non-hydrogen) atoms. The second kappa shape index (κ2) is 5.33. The van der Waals surface area contributed by atoms with Crippen LogP contribution in [0, 0.1) is 11.3 Å². The van der Waals surface area contributed by atoms with E-state index in [1.54, 1.807) is 30.6 Å². The van der Waals surface area contributed by atoms with Crippen LogP contribution in [-0.2, 0) is 0 Å². The molecule has 0 spiro atoms. The average Bonchev–Trinajstić information content (AvgIpc) is 2.46. The Morgan fingerprint density at radius 3 is 2.65 bits per heavy atom. The van der Waals surface area contributed by atoms with Crippen molar-refractivity contribution in [3.8, 4) is 11.8 Å². The van der Waals surface area contributed by atoms with Crippen LogP contribution < -0.4 is 11.5 Å². The number of anilines is 1. The Balaban J connectivity index is 2.55. The largest absolute Gasteiger partial charge is 0.507 e. The zero-order chi connectivity index (χ0) is 14.7. The molecule has 100 valence electrons. The first-order valence-corrected chi connectivity index (χ1v) is 5.94. The van der Waals surface area contributed by atoms with E-state index in [9.17, 15) is 5.11 Å². The Morgan fingerprint density at radius 1 is 1.30 bits per heavy atom. The predicted octanol–water partition coefficient (Wildman–Crippen LogP) is 2.09. The summed E-state index contributed by atoms with van der Waals surface area (Å²) in [5.41, 5.74) is 15.2. The SMILES string of the molecule is C/C(=C(/N)c1ccc(C#N)cc1O)c1ccncc1N.